The van der Waals surface area contributed by atoms with Gasteiger partial charge < -0.3 is 9.47 Å². The van der Waals surface area contributed by atoms with Gasteiger partial charge in [0.15, 0.2) is 0 Å². The number of sulfonamides is 1. The molecule has 0 amide bonds. The third kappa shape index (κ3) is 1.87. The van der Waals surface area contributed by atoms with Gasteiger partial charge in [-0.25, -0.2) is 13.2 Å². The molecule has 0 fully saturated rings. The zero-order valence-corrected chi connectivity index (χ0v) is 10.1. The number of fused-ring (bicyclic) bond motifs is 1. The van der Waals surface area contributed by atoms with Gasteiger partial charge in [-0.2, -0.15) is 4.72 Å². The van der Waals surface area contributed by atoms with Crippen LogP contribution in [-0.4, -0.2) is 28.6 Å². The van der Waals surface area contributed by atoms with E-state index in [2.05, 4.69) is 9.46 Å². The van der Waals surface area contributed by atoms with Crippen LogP contribution in [0.4, 0.5) is 0 Å². The van der Waals surface area contributed by atoms with Crippen LogP contribution >= 0.6 is 0 Å². The maximum Gasteiger partial charge on any atom is 0.328 e. The second-order valence-corrected chi connectivity index (χ2v) is 5.16. The molecule has 1 aromatic rings. The van der Waals surface area contributed by atoms with Crippen LogP contribution in [0.5, 0.6) is 5.75 Å². The van der Waals surface area contributed by atoms with E-state index in [0.717, 1.165) is 0 Å². The lowest BCUT2D eigenvalue weighted by atomic mass is 10.1. The number of hydrogen-bond donors (Lipinski definition) is 1. The zero-order valence-electron chi connectivity index (χ0n) is 9.26. The van der Waals surface area contributed by atoms with E-state index in [0.29, 0.717) is 11.3 Å². The van der Waals surface area contributed by atoms with Crippen LogP contribution in [0.1, 0.15) is 11.6 Å². The molecular formula is C10H11NO5S. The van der Waals surface area contributed by atoms with Gasteiger partial charge in [0.05, 0.1) is 19.1 Å². The molecule has 7 heteroatoms. The van der Waals surface area contributed by atoms with Gasteiger partial charge in [0.1, 0.15) is 11.8 Å². The molecule has 92 valence electrons. The molecular weight excluding hydrogens is 246 g/mol. The Morgan fingerprint density at radius 2 is 2.06 bits per heavy atom. The van der Waals surface area contributed by atoms with E-state index in [1.165, 1.54) is 32.4 Å². The van der Waals surface area contributed by atoms with E-state index < -0.39 is 22.0 Å². The average Bonchev–Trinajstić information content (AvgIpc) is 2.60. The summed E-state index contributed by atoms with van der Waals surface area (Å²) in [5.41, 5.74) is 0.344. The summed E-state index contributed by atoms with van der Waals surface area (Å²) in [5.74, 6) is -0.169. The topological polar surface area (TPSA) is 81.7 Å². The van der Waals surface area contributed by atoms with Crippen molar-refractivity contribution >= 4 is 16.0 Å². The predicted molar refractivity (Wildman–Crippen MR) is 58.1 cm³/mol. The predicted octanol–water partition coefficient (Wildman–Crippen LogP) is 0.201. The van der Waals surface area contributed by atoms with Crippen molar-refractivity contribution in [2.24, 2.45) is 0 Å². The van der Waals surface area contributed by atoms with E-state index in [9.17, 15) is 13.2 Å². The summed E-state index contributed by atoms with van der Waals surface area (Å²) in [6.07, 6.45) is 0. The third-order valence-corrected chi connectivity index (χ3v) is 4.02. The minimum Gasteiger partial charge on any atom is -0.497 e. The number of hydrogen-bond acceptors (Lipinski definition) is 5. The summed E-state index contributed by atoms with van der Waals surface area (Å²) in [6.45, 7) is 0. The lowest BCUT2D eigenvalue weighted by Gasteiger charge is -2.08. The monoisotopic (exact) mass is 257 g/mol. The lowest BCUT2D eigenvalue weighted by Crippen LogP contribution is -2.27. The maximum atomic E-state index is 11.7. The van der Waals surface area contributed by atoms with Crippen LogP contribution < -0.4 is 9.46 Å². The molecule has 1 atom stereocenters. The minimum atomic E-state index is -3.64. The quantitative estimate of drug-likeness (QED) is 0.765. The van der Waals surface area contributed by atoms with Crippen molar-refractivity contribution in [1.29, 1.82) is 0 Å². The number of methoxy groups -OCH3 is 2. The maximum absolute atomic E-state index is 11.7. The van der Waals surface area contributed by atoms with Crippen LogP contribution in [0, 0.1) is 0 Å². The van der Waals surface area contributed by atoms with Gasteiger partial charge in [0, 0.05) is 5.56 Å². The molecule has 1 aliphatic rings. The van der Waals surface area contributed by atoms with Crippen molar-refractivity contribution < 1.29 is 22.7 Å². The Kier molecular flexibility index (Phi) is 2.80. The average molecular weight is 257 g/mol. The second-order valence-electron chi connectivity index (χ2n) is 3.48. The molecule has 0 bridgehead atoms. The Bertz CT molecular complexity index is 566. The number of rotatable bonds is 2. The van der Waals surface area contributed by atoms with Gasteiger partial charge in [0.2, 0.25) is 10.0 Å². The molecule has 2 rings (SSSR count). The molecule has 0 aliphatic carbocycles. The van der Waals surface area contributed by atoms with Gasteiger partial charge in [-0.3, -0.25) is 0 Å². The fraction of sp³-hybridized carbons (Fsp3) is 0.300. The number of carbonyl (C=O) groups is 1. The SMILES string of the molecule is COC(=O)C1NS(=O)(=O)c2ccc(OC)cc21. The summed E-state index contributed by atoms with van der Waals surface area (Å²) >= 11 is 0. The standard InChI is InChI=1S/C10H11NO5S/c1-15-6-3-4-8-7(5-6)9(10(12)16-2)11-17(8,13)14/h3-5,9,11H,1-2H3. The molecule has 1 aliphatic heterocycles. The zero-order chi connectivity index (χ0) is 12.6. The number of esters is 1. The lowest BCUT2D eigenvalue weighted by molar-refractivity contribution is -0.142. The Morgan fingerprint density at radius 1 is 1.35 bits per heavy atom. The summed E-state index contributed by atoms with van der Waals surface area (Å²) in [4.78, 5) is 11.6. The Balaban J connectivity index is 2.58. The van der Waals surface area contributed by atoms with E-state index in [4.69, 9.17) is 4.74 Å². The molecule has 1 aromatic carbocycles. The molecule has 17 heavy (non-hydrogen) atoms. The van der Waals surface area contributed by atoms with Crippen LogP contribution in [0.15, 0.2) is 23.1 Å². The van der Waals surface area contributed by atoms with Crippen LogP contribution in [0.25, 0.3) is 0 Å². The van der Waals surface area contributed by atoms with E-state index in [1.54, 1.807) is 0 Å². The van der Waals surface area contributed by atoms with Crippen molar-refractivity contribution in [3.05, 3.63) is 23.8 Å². The molecule has 0 saturated heterocycles. The first-order chi connectivity index (χ1) is 7.99. The normalized spacial score (nSPS) is 20.7. The van der Waals surface area contributed by atoms with Gasteiger partial charge in [0.25, 0.3) is 0 Å². The highest BCUT2D eigenvalue weighted by atomic mass is 32.2. The molecule has 0 spiro atoms. The van der Waals surface area contributed by atoms with E-state index in [-0.39, 0.29) is 4.90 Å². The number of nitrogens with one attached hydrogen (secondary N) is 1. The van der Waals surface area contributed by atoms with E-state index in [1.807, 2.05) is 0 Å². The second kappa shape index (κ2) is 4.01. The van der Waals surface area contributed by atoms with Crippen molar-refractivity contribution in [2.45, 2.75) is 10.9 Å². The highest BCUT2D eigenvalue weighted by molar-refractivity contribution is 7.89. The molecule has 1 unspecified atom stereocenters. The first-order valence-electron chi connectivity index (χ1n) is 4.77. The summed E-state index contributed by atoms with van der Waals surface area (Å²) < 4.78 is 35.2. The van der Waals surface area contributed by atoms with Crippen molar-refractivity contribution in [3.8, 4) is 5.75 Å². The Hall–Kier alpha value is -1.60. The fourth-order valence-corrected chi connectivity index (χ4v) is 3.09. The molecule has 0 saturated carbocycles. The van der Waals surface area contributed by atoms with Crippen molar-refractivity contribution in [2.75, 3.05) is 14.2 Å². The van der Waals surface area contributed by atoms with Crippen molar-refractivity contribution in [3.63, 3.8) is 0 Å². The minimum absolute atomic E-state index is 0.0775. The third-order valence-electron chi connectivity index (χ3n) is 2.53. The van der Waals surface area contributed by atoms with Crippen molar-refractivity contribution in [1.82, 2.24) is 4.72 Å². The molecule has 6 nitrogen and oxygen atoms in total. The first-order valence-corrected chi connectivity index (χ1v) is 6.26. The first kappa shape index (κ1) is 11.9. The summed E-state index contributed by atoms with van der Waals surface area (Å²) in [6, 6.07) is 3.43. The highest BCUT2D eigenvalue weighted by Gasteiger charge is 2.39. The van der Waals surface area contributed by atoms with Crippen LogP contribution in [-0.2, 0) is 19.6 Å². The molecule has 0 aromatic heterocycles. The molecule has 1 N–H and O–H groups in total. The fourth-order valence-electron chi connectivity index (χ4n) is 1.70. The van der Waals surface area contributed by atoms with E-state index >= 15 is 0 Å². The molecule has 0 radical (unpaired) electrons. The number of benzene rings is 1. The number of ether oxygens (including phenoxy) is 2. The molecule has 1 heterocycles. The van der Waals surface area contributed by atoms with Crippen LogP contribution in [0.3, 0.4) is 0 Å². The number of carbonyl (C=O) groups excluding carboxylic acids is 1. The van der Waals surface area contributed by atoms with Gasteiger partial charge in [-0.05, 0) is 18.2 Å². The van der Waals surface area contributed by atoms with Crippen LogP contribution in [0.2, 0.25) is 0 Å². The largest absolute Gasteiger partial charge is 0.497 e. The Labute approximate surface area is 98.6 Å². The summed E-state index contributed by atoms with van der Waals surface area (Å²) in [7, 11) is -0.974. The summed E-state index contributed by atoms with van der Waals surface area (Å²) in [5, 5.41) is 0. The smallest absolute Gasteiger partial charge is 0.328 e. The van der Waals surface area contributed by atoms with Gasteiger partial charge >= 0.3 is 5.97 Å². The van der Waals surface area contributed by atoms with Gasteiger partial charge in [-0.1, -0.05) is 0 Å². The highest BCUT2D eigenvalue weighted by Crippen LogP contribution is 2.34. The Morgan fingerprint density at radius 3 is 2.65 bits per heavy atom. The van der Waals surface area contributed by atoms with Gasteiger partial charge in [-0.15, -0.1) is 0 Å².